The fraction of sp³-hybridized carbons (Fsp3) is 0.625. The zero-order valence-corrected chi connectivity index (χ0v) is 11.2. The predicted octanol–water partition coefficient (Wildman–Crippen LogP) is 3.26. The van der Waals surface area contributed by atoms with E-state index in [2.05, 4.69) is 11.9 Å². The minimum Gasteiger partial charge on any atom is -0.508 e. The second-order valence-corrected chi connectivity index (χ2v) is 6.26. The third kappa shape index (κ3) is 2.39. The van der Waals surface area contributed by atoms with Crippen LogP contribution in [-0.2, 0) is 6.54 Å². The lowest BCUT2D eigenvalue weighted by Crippen LogP contribution is -2.28. The number of benzene rings is 1. The van der Waals surface area contributed by atoms with Crippen LogP contribution in [0.25, 0.3) is 0 Å². The van der Waals surface area contributed by atoms with Crippen molar-refractivity contribution >= 4 is 0 Å². The van der Waals surface area contributed by atoms with Crippen LogP contribution in [0.3, 0.4) is 0 Å². The summed E-state index contributed by atoms with van der Waals surface area (Å²) in [6, 6.07) is 7.68. The van der Waals surface area contributed by atoms with Crippen molar-refractivity contribution in [1.82, 2.24) is 4.90 Å². The first kappa shape index (κ1) is 12.0. The molecule has 1 aromatic carbocycles. The Morgan fingerprint density at radius 1 is 1.22 bits per heavy atom. The van der Waals surface area contributed by atoms with Crippen LogP contribution in [0.2, 0.25) is 0 Å². The van der Waals surface area contributed by atoms with E-state index in [0.29, 0.717) is 5.75 Å². The van der Waals surface area contributed by atoms with Crippen LogP contribution in [0.1, 0.15) is 31.2 Å². The number of aromatic hydroxyl groups is 1. The average Bonchev–Trinajstić information content (AvgIpc) is 2.94. The van der Waals surface area contributed by atoms with Gasteiger partial charge in [-0.3, -0.25) is 0 Å². The zero-order chi connectivity index (χ0) is 12.5. The van der Waals surface area contributed by atoms with E-state index in [1.807, 2.05) is 18.2 Å². The Kier molecular flexibility index (Phi) is 3.29. The molecule has 0 aliphatic heterocycles. The lowest BCUT2D eigenvalue weighted by Gasteiger charge is -2.27. The fourth-order valence-electron chi connectivity index (χ4n) is 4.00. The number of hydrogen-bond acceptors (Lipinski definition) is 2. The number of nitrogens with zero attached hydrogens (tertiary/aromatic N) is 1. The summed E-state index contributed by atoms with van der Waals surface area (Å²) in [4.78, 5) is 2.38. The average molecular weight is 245 g/mol. The van der Waals surface area contributed by atoms with Gasteiger partial charge in [0.1, 0.15) is 5.75 Å². The van der Waals surface area contributed by atoms with Crippen molar-refractivity contribution in [1.29, 1.82) is 0 Å². The first-order valence-electron chi connectivity index (χ1n) is 7.18. The summed E-state index contributed by atoms with van der Waals surface area (Å²) in [5, 5.41) is 9.80. The molecule has 0 saturated heterocycles. The quantitative estimate of drug-likeness (QED) is 0.880. The summed E-state index contributed by atoms with van der Waals surface area (Å²) < 4.78 is 0. The molecule has 2 aliphatic carbocycles. The van der Waals surface area contributed by atoms with E-state index in [0.717, 1.165) is 29.9 Å². The van der Waals surface area contributed by atoms with Gasteiger partial charge >= 0.3 is 0 Å². The minimum atomic E-state index is 0.428. The molecule has 2 bridgehead atoms. The minimum absolute atomic E-state index is 0.428. The van der Waals surface area contributed by atoms with E-state index >= 15 is 0 Å². The maximum Gasteiger partial charge on any atom is 0.120 e. The standard InChI is InChI=1S/C16H23NO/c1-17(10-14-4-2-3-5-16(14)18)11-15-9-12-6-7-13(15)8-12/h2-5,12-13,15,18H,6-11H2,1H3. The molecule has 2 fully saturated rings. The first-order chi connectivity index (χ1) is 8.72. The third-order valence-corrected chi connectivity index (χ3v) is 4.86. The molecule has 98 valence electrons. The smallest absolute Gasteiger partial charge is 0.120 e. The van der Waals surface area contributed by atoms with E-state index in [-0.39, 0.29) is 0 Å². The summed E-state index contributed by atoms with van der Waals surface area (Å²) in [5.41, 5.74) is 1.04. The second kappa shape index (κ2) is 4.93. The molecule has 1 aromatic rings. The van der Waals surface area contributed by atoms with E-state index in [1.165, 1.54) is 32.2 Å². The SMILES string of the molecule is CN(Cc1ccccc1O)CC1CC2CCC1C2. The van der Waals surface area contributed by atoms with Gasteiger partial charge in [0.05, 0.1) is 0 Å². The number of rotatable bonds is 4. The van der Waals surface area contributed by atoms with Gasteiger partial charge in [0, 0.05) is 18.7 Å². The lowest BCUT2D eigenvalue weighted by molar-refractivity contribution is 0.213. The van der Waals surface area contributed by atoms with Gasteiger partial charge < -0.3 is 10.0 Å². The van der Waals surface area contributed by atoms with E-state index < -0.39 is 0 Å². The third-order valence-electron chi connectivity index (χ3n) is 4.86. The number of hydrogen-bond donors (Lipinski definition) is 1. The molecule has 0 heterocycles. The Morgan fingerprint density at radius 2 is 2.06 bits per heavy atom. The van der Waals surface area contributed by atoms with Crippen LogP contribution in [0.15, 0.2) is 24.3 Å². The summed E-state index contributed by atoms with van der Waals surface area (Å²) in [6.45, 7) is 2.05. The van der Waals surface area contributed by atoms with Crippen LogP contribution in [0.4, 0.5) is 0 Å². The van der Waals surface area contributed by atoms with Gasteiger partial charge in [0.15, 0.2) is 0 Å². The van der Waals surface area contributed by atoms with Gasteiger partial charge in [-0.2, -0.15) is 0 Å². The van der Waals surface area contributed by atoms with Gasteiger partial charge in [-0.05, 0) is 50.1 Å². The molecule has 2 heteroatoms. The molecule has 18 heavy (non-hydrogen) atoms. The Hall–Kier alpha value is -1.02. The largest absolute Gasteiger partial charge is 0.508 e. The van der Waals surface area contributed by atoms with Gasteiger partial charge in [0.2, 0.25) is 0 Å². The molecule has 0 spiro atoms. The molecule has 2 nitrogen and oxygen atoms in total. The van der Waals surface area contributed by atoms with Crippen molar-refractivity contribution in [2.75, 3.05) is 13.6 Å². The topological polar surface area (TPSA) is 23.5 Å². The van der Waals surface area contributed by atoms with Gasteiger partial charge in [-0.25, -0.2) is 0 Å². The molecule has 0 aromatic heterocycles. The van der Waals surface area contributed by atoms with Crippen molar-refractivity contribution in [3.8, 4) is 5.75 Å². The molecule has 3 atom stereocenters. The van der Waals surface area contributed by atoms with Gasteiger partial charge in [-0.15, -0.1) is 0 Å². The number of phenols is 1. The number of phenolic OH excluding ortho intramolecular Hbond substituents is 1. The van der Waals surface area contributed by atoms with E-state index in [4.69, 9.17) is 0 Å². The molecule has 2 saturated carbocycles. The zero-order valence-electron chi connectivity index (χ0n) is 11.2. The van der Waals surface area contributed by atoms with E-state index in [1.54, 1.807) is 6.07 Å². The maximum atomic E-state index is 9.80. The number of para-hydroxylation sites is 1. The van der Waals surface area contributed by atoms with Crippen molar-refractivity contribution in [3.05, 3.63) is 29.8 Å². The molecule has 3 rings (SSSR count). The van der Waals surface area contributed by atoms with Crippen molar-refractivity contribution in [3.63, 3.8) is 0 Å². The van der Waals surface area contributed by atoms with Gasteiger partial charge in [0.25, 0.3) is 0 Å². The predicted molar refractivity (Wildman–Crippen MR) is 73.4 cm³/mol. The van der Waals surface area contributed by atoms with Crippen LogP contribution in [-0.4, -0.2) is 23.6 Å². The first-order valence-corrected chi connectivity index (χ1v) is 7.18. The second-order valence-electron chi connectivity index (χ2n) is 6.26. The van der Waals surface area contributed by atoms with Crippen LogP contribution >= 0.6 is 0 Å². The highest BCUT2D eigenvalue weighted by molar-refractivity contribution is 5.31. The Labute approximate surface area is 110 Å². The summed E-state index contributed by atoms with van der Waals surface area (Å²) >= 11 is 0. The molecular weight excluding hydrogens is 222 g/mol. The number of fused-ring (bicyclic) bond motifs is 2. The van der Waals surface area contributed by atoms with Crippen LogP contribution in [0.5, 0.6) is 5.75 Å². The van der Waals surface area contributed by atoms with Crippen molar-refractivity contribution in [2.24, 2.45) is 17.8 Å². The molecule has 0 amide bonds. The summed E-state index contributed by atoms with van der Waals surface area (Å²) in [6.07, 6.45) is 5.86. The molecule has 0 radical (unpaired) electrons. The Balaban J connectivity index is 1.56. The monoisotopic (exact) mass is 245 g/mol. The van der Waals surface area contributed by atoms with Crippen molar-refractivity contribution < 1.29 is 5.11 Å². The Morgan fingerprint density at radius 3 is 2.72 bits per heavy atom. The summed E-state index contributed by atoms with van der Waals surface area (Å²) in [7, 11) is 2.18. The molecular formula is C16H23NO. The highest BCUT2D eigenvalue weighted by Crippen LogP contribution is 2.48. The Bertz CT molecular complexity index is 417. The van der Waals surface area contributed by atoms with E-state index in [9.17, 15) is 5.11 Å². The fourth-order valence-corrected chi connectivity index (χ4v) is 4.00. The summed E-state index contributed by atoms with van der Waals surface area (Å²) in [5.74, 6) is 3.34. The maximum absolute atomic E-state index is 9.80. The highest BCUT2D eigenvalue weighted by Gasteiger charge is 2.39. The molecule has 2 aliphatic rings. The van der Waals surface area contributed by atoms with Gasteiger partial charge in [-0.1, -0.05) is 24.6 Å². The van der Waals surface area contributed by atoms with Crippen LogP contribution in [0, 0.1) is 17.8 Å². The lowest BCUT2D eigenvalue weighted by atomic mass is 9.88. The normalized spacial score (nSPS) is 30.2. The van der Waals surface area contributed by atoms with Crippen molar-refractivity contribution in [2.45, 2.75) is 32.2 Å². The molecule has 3 unspecified atom stereocenters. The molecule has 1 N–H and O–H groups in total. The van der Waals surface area contributed by atoms with Crippen LogP contribution < -0.4 is 0 Å². The highest BCUT2D eigenvalue weighted by atomic mass is 16.3.